The maximum Gasteiger partial charge on any atom is 0.405 e. The van der Waals surface area contributed by atoms with E-state index in [0.717, 1.165) is 25.9 Å². The van der Waals surface area contributed by atoms with Crippen molar-refractivity contribution >= 4 is 6.03 Å². The van der Waals surface area contributed by atoms with Crippen LogP contribution in [0.25, 0.3) is 0 Å². The zero-order valence-electron chi connectivity index (χ0n) is 9.81. The molecule has 2 N–H and O–H groups in total. The van der Waals surface area contributed by atoms with E-state index in [1.807, 2.05) is 6.92 Å². The highest BCUT2D eigenvalue weighted by Crippen LogP contribution is 2.12. The number of amides is 2. The monoisotopic (exact) mass is 253 g/mol. The molecule has 1 aliphatic rings. The smallest absolute Gasteiger partial charge is 0.337 e. The standard InChI is InChI=1S/C10H18F3N3O/c1-8(16-4-2-3-5-16)6-14-9(17)15-7-10(11,12)13/h8H,2-7H2,1H3,(H2,14,15,17). The fraction of sp³-hybridized carbons (Fsp3) is 0.900. The van der Waals surface area contributed by atoms with Crippen LogP contribution >= 0.6 is 0 Å². The molecule has 0 aromatic rings. The Kier molecular flexibility index (Phi) is 5.04. The van der Waals surface area contributed by atoms with E-state index in [4.69, 9.17) is 0 Å². The number of alkyl halides is 3. The third kappa shape index (κ3) is 5.76. The van der Waals surface area contributed by atoms with Crippen LogP contribution in [0.5, 0.6) is 0 Å². The van der Waals surface area contributed by atoms with Crippen molar-refractivity contribution in [2.24, 2.45) is 0 Å². The summed E-state index contributed by atoms with van der Waals surface area (Å²) in [5.74, 6) is 0. The normalized spacial score (nSPS) is 19.1. The van der Waals surface area contributed by atoms with Gasteiger partial charge < -0.3 is 10.6 Å². The highest BCUT2D eigenvalue weighted by Gasteiger charge is 2.27. The molecule has 1 unspecified atom stereocenters. The molecule has 1 fully saturated rings. The number of carbonyl (C=O) groups excluding carboxylic acids is 1. The number of halogens is 3. The Morgan fingerprint density at radius 2 is 1.88 bits per heavy atom. The maximum absolute atomic E-state index is 11.8. The van der Waals surface area contributed by atoms with Crippen molar-refractivity contribution in [2.45, 2.75) is 32.0 Å². The van der Waals surface area contributed by atoms with Crippen molar-refractivity contribution in [3.05, 3.63) is 0 Å². The van der Waals surface area contributed by atoms with Crippen molar-refractivity contribution < 1.29 is 18.0 Å². The van der Waals surface area contributed by atoms with Crippen LogP contribution in [0.15, 0.2) is 0 Å². The minimum Gasteiger partial charge on any atom is -0.337 e. The zero-order chi connectivity index (χ0) is 12.9. The summed E-state index contributed by atoms with van der Waals surface area (Å²) in [6.07, 6.45) is -2.08. The van der Waals surface area contributed by atoms with Crippen LogP contribution in [0.3, 0.4) is 0 Å². The fourth-order valence-electron chi connectivity index (χ4n) is 1.79. The molecule has 1 atom stereocenters. The van der Waals surface area contributed by atoms with Gasteiger partial charge in [0.2, 0.25) is 0 Å². The molecule has 1 heterocycles. The van der Waals surface area contributed by atoms with Gasteiger partial charge >= 0.3 is 12.2 Å². The van der Waals surface area contributed by atoms with Gasteiger partial charge in [0, 0.05) is 12.6 Å². The van der Waals surface area contributed by atoms with Crippen LogP contribution in [0, 0.1) is 0 Å². The van der Waals surface area contributed by atoms with Gasteiger partial charge in [-0.05, 0) is 32.9 Å². The Morgan fingerprint density at radius 1 is 1.29 bits per heavy atom. The number of hydrogen-bond donors (Lipinski definition) is 2. The average molecular weight is 253 g/mol. The third-order valence-corrected chi connectivity index (χ3v) is 2.77. The summed E-state index contributed by atoms with van der Waals surface area (Å²) in [5.41, 5.74) is 0. The second-order valence-corrected chi connectivity index (χ2v) is 4.27. The number of nitrogens with one attached hydrogen (secondary N) is 2. The highest BCUT2D eigenvalue weighted by atomic mass is 19.4. The van der Waals surface area contributed by atoms with E-state index in [9.17, 15) is 18.0 Å². The number of likely N-dealkylation sites (tertiary alicyclic amines) is 1. The predicted molar refractivity (Wildman–Crippen MR) is 57.7 cm³/mol. The van der Waals surface area contributed by atoms with Gasteiger partial charge in [0.05, 0.1) is 0 Å². The number of rotatable bonds is 4. The van der Waals surface area contributed by atoms with Gasteiger partial charge in [0.25, 0.3) is 0 Å². The molecule has 7 heteroatoms. The molecule has 4 nitrogen and oxygen atoms in total. The molecule has 0 aromatic heterocycles. The van der Waals surface area contributed by atoms with E-state index < -0.39 is 18.8 Å². The molecule has 0 radical (unpaired) electrons. The average Bonchev–Trinajstić information content (AvgIpc) is 2.75. The van der Waals surface area contributed by atoms with Gasteiger partial charge in [-0.25, -0.2) is 4.79 Å². The van der Waals surface area contributed by atoms with Crippen molar-refractivity contribution in [1.29, 1.82) is 0 Å². The minimum atomic E-state index is -4.36. The zero-order valence-corrected chi connectivity index (χ0v) is 9.81. The van der Waals surface area contributed by atoms with E-state index >= 15 is 0 Å². The van der Waals surface area contributed by atoms with E-state index in [1.165, 1.54) is 0 Å². The Hall–Kier alpha value is -0.980. The Bertz CT molecular complexity index is 252. The molecule has 0 bridgehead atoms. The molecule has 1 saturated heterocycles. The topological polar surface area (TPSA) is 44.4 Å². The van der Waals surface area contributed by atoms with E-state index in [2.05, 4.69) is 10.2 Å². The Morgan fingerprint density at radius 3 is 2.41 bits per heavy atom. The Labute approximate surface area is 98.5 Å². The highest BCUT2D eigenvalue weighted by molar-refractivity contribution is 5.73. The third-order valence-electron chi connectivity index (χ3n) is 2.77. The van der Waals surface area contributed by atoms with Crippen molar-refractivity contribution in [2.75, 3.05) is 26.2 Å². The molecule has 1 aliphatic heterocycles. The number of urea groups is 1. The minimum absolute atomic E-state index is 0.161. The van der Waals surface area contributed by atoms with Crippen LogP contribution in [0.2, 0.25) is 0 Å². The predicted octanol–water partition coefficient (Wildman–Crippen LogP) is 1.33. The second-order valence-electron chi connectivity index (χ2n) is 4.27. The van der Waals surface area contributed by atoms with Crippen LogP contribution < -0.4 is 10.6 Å². The summed E-state index contributed by atoms with van der Waals surface area (Å²) < 4.78 is 35.4. The molecular formula is C10H18F3N3O. The summed E-state index contributed by atoms with van der Waals surface area (Å²) in [6, 6.07) is -0.609. The lowest BCUT2D eigenvalue weighted by Crippen LogP contribution is -2.46. The molecule has 100 valence electrons. The van der Waals surface area contributed by atoms with Crippen LogP contribution in [0.1, 0.15) is 19.8 Å². The van der Waals surface area contributed by atoms with Gasteiger partial charge in [-0.15, -0.1) is 0 Å². The molecular weight excluding hydrogens is 235 g/mol. The molecule has 1 rings (SSSR count). The first-order valence-corrected chi connectivity index (χ1v) is 5.71. The molecule has 0 aromatic carbocycles. The van der Waals surface area contributed by atoms with Gasteiger partial charge in [-0.2, -0.15) is 13.2 Å². The first-order valence-electron chi connectivity index (χ1n) is 5.71. The van der Waals surface area contributed by atoms with Crippen molar-refractivity contribution in [1.82, 2.24) is 15.5 Å². The number of carbonyl (C=O) groups is 1. The SMILES string of the molecule is CC(CNC(=O)NCC(F)(F)F)N1CCCC1. The lowest BCUT2D eigenvalue weighted by molar-refractivity contribution is -0.122. The van der Waals surface area contributed by atoms with E-state index in [1.54, 1.807) is 5.32 Å². The van der Waals surface area contributed by atoms with E-state index in [-0.39, 0.29) is 6.04 Å². The Balaban J connectivity index is 2.14. The summed E-state index contributed by atoms with van der Waals surface area (Å²) in [7, 11) is 0. The molecule has 2 amide bonds. The van der Waals surface area contributed by atoms with Crippen LogP contribution in [0.4, 0.5) is 18.0 Å². The van der Waals surface area contributed by atoms with Crippen LogP contribution in [-0.2, 0) is 0 Å². The lowest BCUT2D eigenvalue weighted by atomic mass is 10.3. The van der Waals surface area contributed by atoms with Gasteiger partial charge in [0.15, 0.2) is 0 Å². The second kappa shape index (κ2) is 6.09. The van der Waals surface area contributed by atoms with Crippen LogP contribution in [-0.4, -0.2) is 49.3 Å². The summed E-state index contributed by atoms with van der Waals surface area (Å²) in [5, 5.41) is 4.22. The molecule has 0 saturated carbocycles. The number of hydrogen-bond acceptors (Lipinski definition) is 2. The van der Waals surface area contributed by atoms with Gasteiger partial charge in [0.1, 0.15) is 6.54 Å². The summed E-state index contributed by atoms with van der Waals surface area (Å²) in [4.78, 5) is 13.3. The first-order chi connectivity index (χ1) is 7.88. The quantitative estimate of drug-likeness (QED) is 0.794. The number of nitrogens with zero attached hydrogens (tertiary/aromatic N) is 1. The van der Waals surface area contributed by atoms with Crippen molar-refractivity contribution in [3.8, 4) is 0 Å². The van der Waals surface area contributed by atoms with E-state index in [0.29, 0.717) is 6.54 Å². The molecule has 0 aliphatic carbocycles. The lowest BCUT2D eigenvalue weighted by Gasteiger charge is -2.23. The van der Waals surface area contributed by atoms with Gasteiger partial charge in [-0.3, -0.25) is 4.90 Å². The molecule has 17 heavy (non-hydrogen) atoms. The maximum atomic E-state index is 11.8. The largest absolute Gasteiger partial charge is 0.405 e. The summed E-state index contributed by atoms with van der Waals surface area (Å²) >= 11 is 0. The van der Waals surface area contributed by atoms with Crippen molar-refractivity contribution in [3.63, 3.8) is 0 Å². The van der Waals surface area contributed by atoms with Gasteiger partial charge in [-0.1, -0.05) is 0 Å². The molecule has 0 spiro atoms. The first kappa shape index (κ1) is 14.1. The summed E-state index contributed by atoms with van der Waals surface area (Å²) in [6.45, 7) is 3.01. The fourth-order valence-corrected chi connectivity index (χ4v) is 1.79.